The topological polar surface area (TPSA) is 114 Å². The van der Waals surface area contributed by atoms with Gasteiger partial charge in [-0.15, -0.1) is 0 Å². The number of ether oxygens (including phenoxy) is 2. The molecule has 2 amide bonds. The van der Waals surface area contributed by atoms with Crippen molar-refractivity contribution in [2.45, 2.75) is 90.5 Å². The summed E-state index contributed by atoms with van der Waals surface area (Å²) in [6.45, 7) is 11.7. The summed E-state index contributed by atoms with van der Waals surface area (Å²) in [5.74, 6) is -1.81. The van der Waals surface area contributed by atoms with Crippen LogP contribution in [0.3, 0.4) is 0 Å². The maximum atomic E-state index is 14.6. The lowest BCUT2D eigenvalue weighted by molar-refractivity contribution is -0.144. The van der Waals surface area contributed by atoms with Crippen LogP contribution in [0.25, 0.3) is 0 Å². The number of carbonyl (C=O) groups excluding carboxylic acids is 2. The number of hydrogen-bond acceptors (Lipinski definition) is 5. The van der Waals surface area contributed by atoms with E-state index in [4.69, 9.17) is 9.47 Å². The van der Waals surface area contributed by atoms with Crippen molar-refractivity contribution in [1.82, 2.24) is 10.6 Å². The first-order valence-corrected chi connectivity index (χ1v) is 12.5. The summed E-state index contributed by atoms with van der Waals surface area (Å²) < 4.78 is 25.2. The normalized spacial score (nSPS) is 14.1. The highest BCUT2D eigenvalue weighted by Gasteiger charge is 2.37. The van der Waals surface area contributed by atoms with Gasteiger partial charge in [0.25, 0.3) is 0 Å². The third-order valence-corrected chi connectivity index (χ3v) is 5.44. The number of carbonyl (C=O) groups is 3. The Morgan fingerprint density at radius 1 is 0.868 bits per heavy atom. The van der Waals surface area contributed by atoms with E-state index in [1.807, 2.05) is 30.3 Å². The summed E-state index contributed by atoms with van der Waals surface area (Å²) in [4.78, 5) is 36.8. The van der Waals surface area contributed by atoms with Gasteiger partial charge < -0.3 is 25.2 Å². The predicted molar refractivity (Wildman–Crippen MR) is 142 cm³/mol. The summed E-state index contributed by atoms with van der Waals surface area (Å²) in [6.07, 6.45) is -0.762. The van der Waals surface area contributed by atoms with Crippen LogP contribution in [0.15, 0.2) is 48.5 Å². The minimum Gasteiger partial charge on any atom is -0.480 e. The predicted octanol–water partition coefficient (Wildman–Crippen LogP) is 5.93. The Bertz CT molecular complexity index is 1120. The molecule has 2 rings (SSSR count). The summed E-state index contributed by atoms with van der Waals surface area (Å²) in [5.41, 5.74) is -1.30. The second-order valence-corrected chi connectivity index (χ2v) is 11.6. The SMILES string of the molecule is CC(C)(C)OC(=O)NC(CCc1cc(F)cc(CC(C)(NC(=O)OC(C)(C)C)C(=O)O)c1)c1ccccc1. The Morgan fingerprint density at radius 3 is 1.97 bits per heavy atom. The highest BCUT2D eigenvalue weighted by atomic mass is 19.1. The van der Waals surface area contributed by atoms with Crippen LogP contribution >= 0.6 is 0 Å². The van der Waals surface area contributed by atoms with Crippen molar-refractivity contribution < 1.29 is 33.4 Å². The largest absolute Gasteiger partial charge is 0.480 e. The van der Waals surface area contributed by atoms with Crippen molar-refractivity contribution >= 4 is 18.2 Å². The molecule has 8 nitrogen and oxygen atoms in total. The van der Waals surface area contributed by atoms with E-state index in [2.05, 4.69) is 10.6 Å². The first-order chi connectivity index (χ1) is 17.5. The molecule has 0 spiro atoms. The lowest BCUT2D eigenvalue weighted by atomic mass is 9.91. The number of halogens is 1. The zero-order chi connectivity index (χ0) is 28.7. The number of alkyl carbamates (subject to hydrolysis) is 2. The number of carboxylic acids is 1. The molecule has 0 aliphatic rings. The molecule has 2 atom stereocenters. The first kappa shape index (κ1) is 30.6. The lowest BCUT2D eigenvalue weighted by Gasteiger charge is -2.28. The number of benzene rings is 2. The zero-order valence-corrected chi connectivity index (χ0v) is 23.2. The number of carboxylic acid groups (broad SMARTS) is 1. The van der Waals surface area contributed by atoms with Gasteiger partial charge in [0.15, 0.2) is 0 Å². The van der Waals surface area contributed by atoms with E-state index in [1.165, 1.54) is 19.1 Å². The molecular weight excluding hydrogens is 491 g/mol. The van der Waals surface area contributed by atoms with Gasteiger partial charge in [0.1, 0.15) is 22.6 Å². The molecular formula is C29H39FN2O6. The van der Waals surface area contributed by atoms with Crippen LogP contribution in [0.4, 0.5) is 14.0 Å². The van der Waals surface area contributed by atoms with Crippen LogP contribution in [0.5, 0.6) is 0 Å². The van der Waals surface area contributed by atoms with E-state index in [0.29, 0.717) is 24.0 Å². The van der Waals surface area contributed by atoms with Crippen LogP contribution in [0.2, 0.25) is 0 Å². The third kappa shape index (κ3) is 10.4. The number of hydrogen-bond donors (Lipinski definition) is 3. The molecule has 0 aliphatic carbocycles. The number of nitrogens with one attached hydrogen (secondary N) is 2. The van der Waals surface area contributed by atoms with Gasteiger partial charge >= 0.3 is 18.2 Å². The third-order valence-electron chi connectivity index (χ3n) is 5.44. The maximum Gasteiger partial charge on any atom is 0.408 e. The highest BCUT2D eigenvalue weighted by molar-refractivity contribution is 5.84. The lowest BCUT2D eigenvalue weighted by Crippen LogP contribution is -2.54. The van der Waals surface area contributed by atoms with Crippen molar-refractivity contribution in [2.75, 3.05) is 0 Å². The van der Waals surface area contributed by atoms with Crippen molar-refractivity contribution in [2.24, 2.45) is 0 Å². The average molecular weight is 531 g/mol. The number of aliphatic carboxylic acids is 1. The minimum atomic E-state index is -1.72. The molecule has 2 aromatic rings. The van der Waals surface area contributed by atoms with Crippen LogP contribution in [-0.4, -0.2) is 40.0 Å². The Hall–Kier alpha value is -3.62. The van der Waals surface area contributed by atoms with E-state index in [9.17, 15) is 23.9 Å². The van der Waals surface area contributed by atoms with E-state index in [-0.39, 0.29) is 6.42 Å². The molecule has 0 bridgehead atoms. The molecule has 208 valence electrons. The Labute approximate surface area is 223 Å². The maximum absolute atomic E-state index is 14.6. The summed E-state index contributed by atoms with van der Waals surface area (Å²) >= 11 is 0. The molecule has 2 unspecified atom stereocenters. The average Bonchev–Trinajstić information content (AvgIpc) is 2.74. The van der Waals surface area contributed by atoms with Crippen molar-refractivity contribution in [1.29, 1.82) is 0 Å². The van der Waals surface area contributed by atoms with Crippen molar-refractivity contribution in [3.05, 3.63) is 71.0 Å². The van der Waals surface area contributed by atoms with Crippen molar-refractivity contribution in [3.8, 4) is 0 Å². The first-order valence-electron chi connectivity index (χ1n) is 12.5. The monoisotopic (exact) mass is 530 g/mol. The van der Waals surface area contributed by atoms with Gasteiger partial charge in [-0.3, -0.25) is 0 Å². The molecule has 9 heteroatoms. The number of amides is 2. The standard InChI is InChI=1S/C29H39FN2O6/c1-27(2,3)37-25(35)31-23(21-11-9-8-10-12-21)14-13-19-15-20(17-22(30)16-19)18-29(7,24(33)34)32-26(36)38-28(4,5)6/h8-12,15-17,23H,13-14,18H2,1-7H3,(H,31,35)(H,32,36)(H,33,34). The van der Waals surface area contributed by atoms with Crippen LogP contribution < -0.4 is 10.6 Å². The fourth-order valence-electron chi connectivity index (χ4n) is 3.84. The van der Waals surface area contributed by atoms with Gasteiger partial charge in [-0.2, -0.15) is 0 Å². The molecule has 38 heavy (non-hydrogen) atoms. The van der Waals surface area contributed by atoms with Crippen molar-refractivity contribution in [3.63, 3.8) is 0 Å². The summed E-state index contributed by atoms with van der Waals surface area (Å²) in [5, 5.41) is 15.1. The van der Waals surface area contributed by atoms with Gasteiger partial charge in [0.2, 0.25) is 0 Å². The quantitative estimate of drug-likeness (QED) is 0.370. The van der Waals surface area contributed by atoms with Gasteiger partial charge in [0.05, 0.1) is 6.04 Å². The Balaban J connectivity index is 2.21. The van der Waals surface area contributed by atoms with Gasteiger partial charge in [-0.1, -0.05) is 36.4 Å². The molecule has 0 aliphatic heterocycles. The highest BCUT2D eigenvalue weighted by Crippen LogP contribution is 2.23. The van der Waals surface area contributed by atoms with Crippen LogP contribution in [-0.2, 0) is 27.1 Å². The molecule has 0 saturated carbocycles. The van der Waals surface area contributed by atoms with E-state index >= 15 is 0 Å². The van der Waals surface area contributed by atoms with Gasteiger partial charge in [-0.05, 0) is 90.1 Å². The van der Waals surface area contributed by atoms with E-state index in [1.54, 1.807) is 47.6 Å². The van der Waals surface area contributed by atoms with Crippen LogP contribution in [0.1, 0.15) is 77.6 Å². The fraction of sp³-hybridized carbons (Fsp3) is 0.483. The van der Waals surface area contributed by atoms with Crippen LogP contribution in [0, 0.1) is 5.82 Å². The second kappa shape index (κ2) is 12.3. The van der Waals surface area contributed by atoms with E-state index < -0.39 is 46.8 Å². The smallest absolute Gasteiger partial charge is 0.408 e. The molecule has 0 heterocycles. The fourth-order valence-corrected chi connectivity index (χ4v) is 3.84. The Morgan fingerprint density at radius 2 is 1.42 bits per heavy atom. The molecule has 2 aromatic carbocycles. The molecule has 0 saturated heterocycles. The second-order valence-electron chi connectivity index (χ2n) is 11.6. The molecule has 3 N–H and O–H groups in total. The van der Waals surface area contributed by atoms with E-state index in [0.717, 1.165) is 5.56 Å². The minimum absolute atomic E-state index is 0.162. The van der Waals surface area contributed by atoms with Gasteiger partial charge in [0, 0.05) is 6.42 Å². The molecule has 0 aromatic heterocycles. The van der Waals surface area contributed by atoms with Gasteiger partial charge in [-0.25, -0.2) is 18.8 Å². The zero-order valence-electron chi connectivity index (χ0n) is 23.2. The molecule has 0 radical (unpaired) electrons. The summed E-state index contributed by atoms with van der Waals surface area (Å²) in [6, 6.07) is 13.3. The Kier molecular flexibility index (Phi) is 9.89. The number of aryl methyl sites for hydroxylation is 1. The number of rotatable bonds is 9. The summed E-state index contributed by atoms with van der Waals surface area (Å²) in [7, 11) is 0. The molecule has 0 fully saturated rings.